The molecule has 2 aromatic heterocycles. The van der Waals surface area contributed by atoms with Gasteiger partial charge in [0.25, 0.3) is 16.0 Å². The van der Waals surface area contributed by atoms with Crippen molar-refractivity contribution in [1.29, 1.82) is 0 Å². The lowest BCUT2D eigenvalue weighted by Crippen LogP contribution is -2.41. The molecule has 4 aromatic rings. The first-order valence-corrected chi connectivity index (χ1v) is 18.9. The van der Waals surface area contributed by atoms with Gasteiger partial charge in [-0.15, -0.1) is 0 Å². The van der Waals surface area contributed by atoms with Crippen LogP contribution in [0.4, 0.5) is 15.8 Å². The number of rotatable bonds is 10. The zero-order valence-electron chi connectivity index (χ0n) is 28.2. The minimum atomic E-state index is -4.44. The zero-order valence-corrected chi connectivity index (χ0v) is 29.8. The van der Waals surface area contributed by atoms with Crippen molar-refractivity contribution >= 4 is 50.2 Å². The maximum absolute atomic E-state index is 15.8. The number of carbonyl (C=O) groups excluding carboxylic acids is 1. The molecule has 51 heavy (non-hydrogen) atoms. The van der Waals surface area contributed by atoms with Crippen LogP contribution in [0.2, 0.25) is 5.02 Å². The molecule has 0 amide bonds. The summed E-state index contributed by atoms with van der Waals surface area (Å²) in [7, 11) is -4.44. The molecule has 3 fully saturated rings. The van der Waals surface area contributed by atoms with Crippen LogP contribution >= 0.6 is 11.6 Å². The zero-order chi connectivity index (χ0) is 35.7. The largest absolute Gasteiger partial charge is 0.465 e. The number of nitrogens with zero attached hydrogens (tertiary/aromatic N) is 5. The summed E-state index contributed by atoms with van der Waals surface area (Å²) in [4.78, 5) is 23.9. The van der Waals surface area contributed by atoms with Crippen LogP contribution in [-0.4, -0.2) is 67.9 Å². The Morgan fingerprint density at radius 1 is 1.20 bits per heavy atom. The lowest BCUT2D eigenvalue weighted by atomic mass is 9.90. The van der Waals surface area contributed by atoms with Crippen molar-refractivity contribution in [2.75, 3.05) is 42.1 Å². The van der Waals surface area contributed by atoms with E-state index in [9.17, 15) is 13.2 Å². The lowest BCUT2D eigenvalue weighted by molar-refractivity contribution is -0.141. The number of pyridine rings is 1. The number of anilines is 2. The summed E-state index contributed by atoms with van der Waals surface area (Å²) in [6.07, 6.45) is 5.00. The highest BCUT2D eigenvalue weighted by atomic mass is 35.5. The molecule has 0 bridgehead atoms. The van der Waals surface area contributed by atoms with Crippen LogP contribution in [0.1, 0.15) is 57.0 Å². The normalized spacial score (nSPS) is 23.4. The van der Waals surface area contributed by atoms with Crippen LogP contribution in [0.25, 0.3) is 11.0 Å². The predicted molar refractivity (Wildman–Crippen MR) is 187 cm³/mol. The molecule has 2 N–H and O–H groups in total. The first kappa shape index (κ1) is 33.9. The van der Waals surface area contributed by atoms with Gasteiger partial charge in [-0.05, 0) is 68.4 Å². The number of esters is 1. The molecule has 2 aromatic carbocycles. The molecule has 270 valence electrons. The number of para-hydroxylation sites is 1. The molecule has 16 heteroatoms. The Hall–Kier alpha value is -4.18. The quantitative estimate of drug-likeness (QED) is 0.220. The van der Waals surface area contributed by atoms with Crippen LogP contribution in [0.3, 0.4) is 0 Å². The van der Waals surface area contributed by atoms with Crippen molar-refractivity contribution in [3.05, 3.63) is 71.0 Å². The van der Waals surface area contributed by atoms with Gasteiger partial charge in [0.1, 0.15) is 23.6 Å². The van der Waals surface area contributed by atoms with Crippen molar-refractivity contribution in [1.82, 2.24) is 14.5 Å². The molecule has 1 unspecified atom stereocenters. The SMILES string of the molecule is CCOC(=O)CN(c1cc(F)c2nc([C@@H]3CC34CCN(c3cccc5c3OC(C)(c3ccc(Cl)cn3)O5)CC4)n(C[C@@H]3CCO3)c2c1)S(N)(=O)=O. The van der Waals surface area contributed by atoms with Crippen LogP contribution in [0.5, 0.6) is 11.5 Å². The molecule has 8 rings (SSSR count). The Balaban J connectivity index is 1.05. The predicted octanol–water partition coefficient (Wildman–Crippen LogP) is 5.00. The number of nitrogens with two attached hydrogens (primary N) is 1. The van der Waals surface area contributed by atoms with Crippen LogP contribution < -0.4 is 23.8 Å². The first-order chi connectivity index (χ1) is 24.4. The molecule has 1 saturated carbocycles. The van der Waals surface area contributed by atoms with E-state index >= 15 is 4.39 Å². The number of hydrogen-bond acceptors (Lipinski definition) is 10. The minimum absolute atomic E-state index is 0.0248. The van der Waals surface area contributed by atoms with Gasteiger partial charge in [0.2, 0.25) is 0 Å². The highest BCUT2D eigenvalue weighted by molar-refractivity contribution is 7.90. The molecule has 1 aliphatic carbocycles. The number of aromatic nitrogens is 3. The van der Waals surface area contributed by atoms with E-state index in [-0.39, 0.29) is 35.2 Å². The number of imidazole rings is 1. The van der Waals surface area contributed by atoms with Gasteiger partial charge in [0.05, 0.1) is 41.2 Å². The maximum atomic E-state index is 15.8. The van der Waals surface area contributed by atoms with E-state index < -0.39 is 34.3 Å². The van der Waals surface area contributed by atoms with Crippen LogP contribution in [0, 0.1) is 11.2 Å². The molecule has 13 nitrogen and oxygen atoms in total. The van der Waals surface area contributed by atoms with Crippen molar-refractivity contribution < 1.29 is 36.6 Å². The van der Waals surface area contributed by atoms with E-state index in [2.05, 4.69) is 9.88 Å². The third kappa shape index (κ3) is 6.13. The summed E-state index contributed by atoms with van der Waals surface area (Å²) in [5.74, 6) is -0.463. The molecular weight excluding hydrogens is 703 g/mol. The minimum Gasteiger partial charge on any atom is -0.465 e. The second kappa shape index (κ2) is 12.5. The summed E-state index contributed by atoms with van der Waals surface area (Å²) < 4.78 is 67.0. The van der Waals surface area contributed by atoms with E-state index in [1.165, 1.54) is 6.07 Å². The molecule has 0 radical (unpaired) electrons. The van der Waals surface area contributed by atoms with Gasteiger partial charge in [-0.25, -0.2) is 18.8 Å². The van der Waals surface area contributed by atoms with Crippen LogP contribution in [0.15, 0.2) is 48.7 Å². The number of hydrogen-bond donors (Lipinski definition) is 1. The summed E-state index contributed by atoms with van der Waals surface area (Å²) >= 11 is 6.06. The van der Waals surface area contributed by atoms with Gasteiger partial charge in [0.15, 0.2) is 17.3 Å². The number of piperidine rings is 1. The van der Waals surface area contributed by atoms with E-state index in [1.807, 2.05) is 29.7 Å². The average molecular weight is 741 g/mol. The molecule has 1 spiro atoms. The Labute approximate surface area is 299 Å². The number of carbonyl (C=O) groups is 1. The maximum Gasteiger partial charge on any atom is 0.326 e. The average Bonchev–Trinajstić information content (AvgIpc) is 3.43. The summed E-state index contributed by atoms with van der Waals surface area (Å²) in [5, 5.41) is 6.01. The van der Waals surface area contributed by atoms with Gasteiger partial charge in [-0.3, -0.25) is 9.78 Å². The number of fused-ring (bicyclic) bond motifs is 2. The molecule has 3 atom stereocenters. The summed E-state index contributed by atoms with van der Waals surface area (Å²) in [5.41, 5.74) is 2.01. The number of benzene rings is 2. The monoisotopic (exact) mass is 740 g/mol. The second-order valence-electron chi connectivity index (χ2n) is 13.7. The van der Waals surface area contributed by atoms with E-state index in [0.29, 0.717) is 45.2 Å². The lowest BCUT2D eigenvalue weighted by Gasteiger charge is -2.35. The standard InChI is InChI=1S/C35H38ClFN6O7S/c1-3-47-30(44)20-43(51(38,45)46)22-15-25(37)31-27(16-22)42(19-23-9-14-48-23)33(40-31)24-17-35(24)10-12-41(13-11-35)26-5-4-6-28-32(26)50-34(2,49-28)29-8-7-21(36)18-39-29/h4-8,15-16,18,23-24H,3,9-14,17,19-20H2,1-2H3,(H2,38,45,46)/t23-,24-,34?/m0/s1. The van der Waals surface area contributed by atoms with Gasteiger partial charge in [-0.2, -0.15) is 8.42 Å². The van der Waals surface area contributed by atoms with E-state index in [1.54, 1.807) is 25.3 Å². The fraction of sp³-hybridized carbons (Fsp3) is 0.457. The molecule has 5 heterocycles. The third-order valence-electron chi connectivity index (χ3n) is 10.5. The fourth-order valence-corrected chi connectivity index (χ4v) is 8.44. The highest BCUT2D eigenvalue weighted by Gasteiger charge is 2.58. The summed E-state index contributed by atoms with van der Waals surface area (Å²) in [6, 6.07) is 12.0. The Morgan fingerprint density at radius 2 is 1.98 bits per heavy atom. The molecular formula is C35H38ClFN6O7S. The van der Waals surface area contributed by atoms with E-state index in [4.69, 9.17) is 40.7 Å². The smallest absolute Gasteiger partial charge is 0.326 e. The molecule has 4 aliphatic rings. The van der Waals surface area contributed by atoms with Crippen molar-refractivity contribution in [3.8, 4) is 11.5 Å². The number of ether oxygens (including phenoxy) is 4. The van der Waals surface area contributed by atoms with Gasteiger partial charge in [0, 0.05) is 44.8 Å². The van der Waals surface area contributed by atoms with Crippen molar-refractivity contribution in [3.63, 3.8) is 0 Å². The topological polar surface area (TPSA) is 151 Å². The third-order valence-corrected chi connectivity index (χ3v) is 11.7. The Bertz CT molecular complexity index is 2120. The van der Waals surface area contributed by atoms with Gasteiger partial charge >= 0.3 is 5.97 Å². The van der Waals surface area contributed by atoms with E-state index in [0.717, 1.165) is 56.4 Å². The number of halogens is 2. The Morgan fingerprint density at radius 3 is 2.65 bits per heavy atom. The van der Waals surface area contributed by atoms with Crippen molar-refractivity contribution in [2.24, 2.45) is 10.6 Å². The van der Waals surface area contributed by atoms with Crippen molar-refractivity contribution in [2.45, 2.75) is 63.9 Å². The summed E-state index contributed by atoms with van der Waals surface area (Å²) in [6.45, 7) is 5.44. The second-order valence-corrected chi connectivity index (χ2v) is 15.6. The van der Waals surface area contributed by atoms with Crippen LogP contribution in [-0.2, 0) is 36.8 Å². The fourth-order valence-electron chi connectivity index (χ4n) is 7.64. The highest BCUT2D eigenvalue weighted by Crippen LogP contribution is 2.65. The van der Waals surface area contributed by atoms with Gasteiger partial charge in [-0.1, -0.05) is 17.7 Å². The Kier molecular flexibility index (Phi) is 8.32. The first-order valence-electron chi connectivity index (χ1n) is 17.0. The molecule has 3 aliphatic heterocycles. The molecule has 2 saturated heterocycles. The van der Waals surface area contributed by atoms with Gasteiger partial charge < -0.3 is 28.4 Å².